The fraction of sp³-hybridized carbons (Fsp3) is 0.208. The van der Waals surface area contributed by atoms with E-state index in [9.17, 15) is 13.2 Å². The van der Waals surface area contributed by atoms with Crippen molar-refractivity contribution in [2.45, 2.75) is 26.4 Å². The van der Waals surface area contributed by atoms with E-state index in [0.29, 0.717) is 5.56 Å². The van der Waals surface area contributed by atoms with Crippen LogP contribution in [0.3, 0.4) is 0 Å². The van der Waals surface area contributed by atoms with Gasteiger partial charge in [-0.25, -0.2) is 0 Å². The van der Waals surface area contributed by atoms with Crippen LogP contribution in [-0.4, -0.2) is 11.2 Å². The van der Waals surface area contributed by atoms with Gasteiger partial charge in [-0.05, 0) is 45.0 Å². The predicted octanol–water partition coefficient (Wildman–Crippen LogP) is 7.26. The Morgan fingerprint density at radius 1 is 0.786 bits per heavy atom. The topological polar surface area (TPSA) is 12.9 Å². The molecule has 1 heterocycles. The van der Waals surface area contributed by atoms with Gasteiger partial charge < -0.3 is 0 Å². The lowest BCUT2D eigenvalue weighted by atomic mass is 9.83. The summed E-state index contributed by atoms with van der Waals surface area (Å²) in [7, 11) is 0. The number of benzene rings is 4. The second kappa shape index (κ2) is 5.57. The van der Waals surface area contributed by atoms with Gasteiger partial charge in [-0.15, -0.1) is 0 Å². The maximum Gasteiger partial charge on any atom is 0.394 e. The van der Waals surface area contributed by atoms with E-state index < -0.39 is 11.6 Å². The molecule has 4 heteroatoms. The molecule has 5 aromatic rings. The number of pyridine rings is 1. The van der Waals surface area contributed by atoms with E-state index in [1.54, 1.807) is 6.20 Å². The summed E-state index contributed by atoms with van der Waals surface area (Å²) in [5, 5.41) is 7.28. The summed E-state index contributed by atoms with van der Waals surface area (Å²) in [5.74, 6) is 0. The minimum absolute atomic E-state index is 0.0608. The third kappa shape index (κ3) is 2.37. The summed E-state index contributed by atoms with van der Waals surface area (Å²) in [5.41, 5.74) is -0.196. The van der Waals surface area contributed by atoms with Gasteiger partial charge >= 0.3 is 6.18 Å². The summed E-state index contributed by atoms with van der Waals surface area (Å²) in [6.07, 6.45) is -2.57. The van der Waals surface area contributed by atoms with Crippen LogP contribution in [0.5, 0.6) is 0 Å². The van der Waals surface area contributed by atoms with Crippen LogP contribution in [0, 0.1) is 5.41 Å². The zero-order chi connectivity index (χ0) is 19.7. The van der Waals surface area contributed by atoms with Crippen molar-refractivity contribution in [2.24, 2.45) is 5.41 Å². The Morgan fingerprint density at radius 3 is 2.21 bits per heavy atom. The molecule has 0 fully saturated rings. The third-order valence-electron chi connectivity index (χ3n) is 5.79. The molecule has 0 radical (unpaired) electrons. The molecule has 0 aliphatic heterocycles. The number of hydrogen-bond acceptors (Lipinski definition) is 1. The number of halogens is 3. The smallest absolute Gasteiger partial charge is 0.256 e. The van der Waals surface area contributed by atoms with Gasteiger partial charge in [0.15, 0.2) is 0 Å². The van der Waals surface area contributed by atoms with Crippen molar-refractivity contribution in [2.75, 3.05) is 0 Å². The lowest BCUT2D eigenvalue weighted by Gasteiger charge is -2.28. The van der Waals surface area contributed by atoms with Crippen molar-refractivity contribution in [3.8, 4) is 0 Å². The van der Waals surface area contributed by atoms with Crippen LogP contribution < -0.4 is 0 Å². The lowest BCUT2D eigenvalue weighted by molar-refractivity contribution is -0.211. The maximum atomic E-state index is 13.5. The Morgan fingerprint density at radius 2 is 1.50 bits per heavy atom. The van der Waals surface area contributed by atoms with Crippen LogP contribution >= 0.6 is 0 Å². The molecule has 4 aromatic carbocycles. The highest BCUT2D eigenvalue weighted by molar-refractivity contribution is 6.31. The van der Waals surface area contributed by atoms with Crippen LogP contribution in [-0.2, 0) is 6.42 Å². The largest absolute Gasteiger partial charge is 0.394 e. The number of fused-ring (bicyclic) bond motifs is 2. The normalized spacial score (nSPS) is 13.3. The van der Waals surface area contributed by atoms with Crippen LogP contribution in [0.15, 0.2) is 60.8 Å². The molecule has 0 unspecified atom stereocenters. The van der Waals surface area contributed by atoms with E-state index in [4.69, 9.17) is 0 Å². The monoisotopic (exact) mass is 377 g/mol. The Labute approximate surface area is 160 Å². The standard InChI is InChI=1S/C24H18F3N/c1-23(2,24(25,26)27)13-14-11-16-9-10-28-22-18-8-4-6-15-5-3-7-17(20(15)18)19(12-14)21(16)22/h3-12H,13H2,1-2H3. The number of nitrogens with zero attached hydrogens (tertiary/aromatic N) is 1. The summed E-state index contributed by atoms with van der Waals surface area (Å²) < 4.78 is 40.4. The fourth-order valence-electron chi connectivity index (χ4n) is 4.27. The molecule has 0 N–H and O–H groups in total. The van der Waals surface area contributed by atoms with Gasteiger partial charge in [0, 0.05) is 17.0 Å². The van der Waals surface area contributed by atoms with Gasteiger partial charge in [0.05, 0.1) is 10.9 Å². The lowest BCUT2D eigenvalue weighted by Crippen LogP contribution is -2.34. The first-order valence-electron chi connectivity index (χ1n) is 9.27. The average molecular weight is 377 g/mol. The Bertz CT molecular complexity index is 1340. The van der Waals surface area contributed by atoms with E-state index in [1.807, 2.05) is 30.3 Å². The SMILES string of the molecule is CC(C)(Cc1cc2ccnc3c4cccc5cccc(c(c1)c23)c54)C(F)(F)F. The van der Waals surface area contributed by atoms with Crippen molar-refractivity contribution < 1.29 is 13.2 Å². The Balaban J connectivity index is 1.90. The molecule has 0 saturated heterocycles. The highest BCUT2D eigenvalue weighted by Crippen LogP contribution is 2.43. The van der Waals surface area contributed by atoms with E-state index in [-0.39, 0.29) is 6.42 Å². The molecule has 0 spiro atoms. The molecule has 5 rings (SSSR count). The molecule has 1 aromatic heterocycles. The third-order valence-corrected chi connectivity index (χ3v) is 5.79. The Hall–Kier alpha value is -2.88. The molecule has 140 valence electrons. The van der Waals surface area contributed by atoms with Gasteiger partial charge in [-0.2, -0.15) is 13.2 Å². The van der Waals surface area contributed by atoms with Gasteiger partial charge in [0.1, 0.15) is 0 Å². The zero-order valence-electron chi connectivity index (χ0n) is 15.6. The molecule has 0 atom stereocenters. The summed E-state index contributed by atoms with van der Waals surface area (Å²) in [6, 6.07) is 18.0. The van der Waals surface area contributed by atoms with Crippen LogP contribution in [0.2, 0.25) is 0 Å². The van der Waals surface area contributed by atoms with Gasteiger partial charge in [0.2, 0.25) is 0 Å². The molecular weight excluding hydrogens is 359 g/mol. The molecule has 0 aliphatic rings. The average Bonchev–Trinajstić information content (AvgIpc) is 2.64. The molecule has 1 nitrogen and oxygen atoms in total. The van der Waals surface area contributed by atoms with E-state index in [1.165, 1.54) is 13.8 Å². The van der Waals surface area contributed by atoms with Crippen molar-refractivity contribution >= 4 is 43.2 Å². The quantitative estimate of drug-likeness (QED) is 0.233. The predicted molar refractivity (Wildman–Crippen MR) is 109 cm³/mol. The van der Waals surface area contributed by atoms with Gasteiger partial charge in [0.25, 0.3) is 0 Å². The zero-order valence-corrected chi connectivity index (χ0v) is 15.6. The fourth-order valence-corrected chi connectivity index (χ4v) is 4.27. The molecular formula is C24H18F3N. The Kier molecular flexibility index (Phi) is 3.43. The van der Waals surface area contributed by atoms with Crippen LogP contribution in [0.1, 0.15) is 19.4 Å². The maximum absolute atomic E-state index is 13.5. The van der Waals surface area contributed by atoms with E-state index in [0.717, 1.165) is 43.2 Å². The minimum atomic E-state index is -4.25. The van der Waals surface area contributed by atoms with Gasteiger partial charge in [-0.1, -0.05) is 62.4 Å². The second-order valence-corrected chi connectivity index (χ2v) is 8.17. The first kappa shape index (κ1) is 17.2. The van der Waals surface area contributed by atoms with Gasteiger partial charge in [-0.3, -0.25) is 4.98 Å². The second-order valence-electron chi connectivity index (χ2n) is 8.17. The van der Waals surface area contributed by atoms with Crippen molar-refractivity contribution in [1.82, 2.24) is 4.98 Å². The summed E-state index contributed by atoms with van der Waals surface area (Å²) in [4.78, 5) is 4.62. The molecule has 0 saturated carbocycles. The molecule has 0 aliphatic carbocycles. The first-order valence-corrected chi connectivity index (χ1v) is 9.27. The number of hydrogen-bond donors (Lipinski definition) is 0. The highest BCUT2D eigenvalue weighted by atomic mass is 19.4. The summed E-state index contributed by atoms with van der Waals surface area (Å²) in [6.45, 7) is 2.52. The van der Waals surface area contributed by atoms with Crippen molar-refractivity contribution in [3.63, 3.8) is 0 Å². The highest BCUT2D eigenvalue weighted by Gasteiger charge is 2.47. The van der Waals surface area contributed by atoms with Crippen molar-refractivity contribution in [3.05, 3.63) is 66.4 Å². The van der Waals surface area contributed by atoms with Crippen molar-refractivity contribution in [1.29, 1.82) is 0 Å². The molecule has 0 amide bonds. The number of aromatic nitrogens is 1. The van der Waals surface area contributed by atoms with Crippen LogP contribution in [0.25, 0.3) is 43.2 Å². The first-order chi connectivity index (χ1) is 13.3. The van der Waals surface area contributed by atoms with E-state index >= 15 is 0 Å². The molecule has 28 heavy (non-hydrogen) atoms. The minimum Gasteiger partial charge on any atom is -0.256 e. The van der Waals surface area contributed by atoms with E-state index in [2.05, 4.69) is 29.2 Å². The summed E-state index contributed by atoms with van der Waals surface area (Å²) >= 11 is 0. The van der Waals surface area contributed by atoms with Crippen LogP contribution in [0.4, 0.5) is 13.2 Å². The number of rotatable bonds is 2. The molecule has 0 bridgehead atoms. The number of alkyl halides is 3.